The number of carbonyl (C=O) groups excluding carboxylic acids is 2. The van der Waals surface area contributed by atoms with Crippen LogP contribution in [0.25, 0.3) is 41.6 Å². The van der Waals surface area contributed by atoms with E-state index in [0.717, 1.165) is 111 Å². The molecule has 4 N–H and O–H groups in total. The van der Waals surface area contributed by atoms with Gasteiger partial charge in [-0.1, -0.05) is 54.1 Å². The molecular formula is C51H61ClN8O3S4. The summed E-state index contributed by atoms with van der Waals surface area (Å²) in [5, 5.41) is 17.7. The normalized spacial score (nSPS) is 14.1. The number of benzene rings is 3. The Labute approximate surface area is 415 Å². The molecule has 3 aromatic carbocycles. The van der Waals surface area contributed by atoms with Gasteiger partial charge in [0.1, 0.15) is 20.0 Å². The number of amides is 2. The lowest BCUT2D eigenvalue weighted by molar-refractivity contribution is -0.116. The van der Waals surface area contributed by atoms with E-state index in [0.29, 0.717) is 44.6 Å². The number of carbonyl (C=O) groups is 2. The third-order valence-corrected chi connectivity index (χ3v) is 17.0. The molecule has 16 heteroatoms. The molecule has 9 rings (SSSR count). The van der Waals surface area contributed by atoms with E-state index in [9.17, 15) is 9.59 Å². The summed E-state index contributed by atoms with van der Waals surface area (Å²) < 4.78 is 7.39. The number of methoxy groups -OCH3 is 1. The second-order valence-electron chi connectivity index (χ2n) is 17.4. The SMILES string of the molecule is CC(C)N1CCc2c(sc(NC(=O)CCNCCc3ccccc3Cl)c2-c2nc3ccccc3s2)C1.COCCNCCC(=O)Nc1sc2c(c1-c1nc3ccccc3s1)CCN(C(C)C)C2. The minimum atomic E-state index is 0.0296. The molecule has 0 bridgehead atoms. The number of rotatable bonds is 18. The third kappa shape index (κ3) is 12.4. The minimum Gasteiger partial charge on any atom is -0.383 e. The summed E-state index contributed by atoms with van der Waals surface area (Å²) >= 11 is 13.1. The molecule has 0 unspecified atom stereocenters. The van der Waals surface area contributed by atoms with Gasteiger partial charge >= 0.3 is 0 Å². The topological polar surface area (TPSA) is 124 Å². The van der Waals surface area contributed by atoms with E-state index in [4.69, 9.17) is 26.3 Å². The average Bonchev–Trinajstić information content (AvgIpc) is 4.11. The zero-order valence-electron chi connectivity index (χ0n) is 39.0. The van der Waals surface area contributed by atoms with Crippen LogP contribution in [0.3, 0.4) is 0 Å². The van der Waals surface area contributed by atoms with Gasteiger partial charge in [0, 0.05) is 104 Å². The van der Waals surface area contributed by atoms with Crippen LogP contribution in [0, 0.1) is 0 Å². The lowest BCUT2D eigenvalue weighted by Gasteiger charge is -2.30. The van der Waals surface area contributed by atoms with Crippen LogP contribution in [-0.4, -0.2) is 96.7 Å². The van der Waals surface area contributed by atoms with Crippen LogP contribution in [0.4, 0.5) is 10.0 Å². The Morgan fingerprint density at radius 3 is 1.61 bits per heavy atom. The number of hydrogen-bond acceptors (Lipinski definition) is 13. The Morgan fingerprint density at radius 1 is 0.657 bits per heavy atom. The van der Waals surface area contributed by atoms with Crippen molar-refractivity contribution in [2.45, 2.75) is 85.0 Å². The summed E-state index contributed by atoms with van der Waals surface area (Å²) in [4.78, 5) is 43.2. The van der Waals surface area contributed by atoms with Gasteiger partial charge in [0.2, 0.25) is 11.8 Å². The van der Waals surface area contributed by atoms with Crippen molar-refractivity contribution in [2.24, 2.45) is 0 Å². The molecule has 11 nitrogen and oxygen atoms in total. The Hall–Kier alpha value is -4.13. The molecule has 0 atom stereocenters. The minimum absolute atomic E-state index is 0.0296. The zero-order valence-corrected chi connectivity index (χ0v) is 43.0. The molecule has 4 aromatic heterocycles. The molecule has 0 saturated heterocycles. The number of para-hydroxylation sites is 2. The first kappa shape index (κ1) is 49.3. The molecule has 0 spiro atoms. The fraction of sp³-hybridized carbons (Fsp3) is 0.412. The van der Waals surface area contributed by atoms with E-state index in [-0.39, 0.29) is 11.8 Å². The fourth-order valence-corrected chi connectivity index (χ4v) is 13.5. The third-order valence-electron chi connectivity index (χ3n) is 12.2. The van der Waals surface area contributed by atoms with Gasteiger partial charge in [0.25, 0.3) is 0 Å². The maximum atomic E-state index is 12.9. The molecule has 0 saturated carbocycles. The standard InChI is InChI=1S/C28H31ClN4OS2.C23H30N4O2S2/c1-18(2)33-16-13-20-24(17-33)36-28(26(20)27-31-22-9-5-6-10-23(22)35-27)32-25(34)12-15-30-14-11-19-7-3-4-8-21(19)29;1-15(2)27-12-9-16-19(14-27)31-23(26-20(28)8-10-24-11-13-29-3)21(16)22-25-17-6-4-5-7-18(17)30-22/h3-10,18,30H,11-17H2,1-2H3,(H,32,34);4-7,15,24H,8-14H2,1-3H3,(H,26,28). The summed E-state index contributed by atoms with van der Waals surface area (Å²) in [6, 6.07) is 25.4. The van der Waals surface area contributed by atoms with Crippen molar-refractivity contribution in [3.63, 3.8) is 0 Å². The first-order valence-electron chi connectivity index (χ1n) is 23.3. The highest BCUT2D eigenvalue weighted by Crippen LogP contribution is 2.47. The summed E-state index contributed by atoms with van der Waals surface area (Å²) in [6.45, 7) is 16.3. The molecule has 6 heterocycles. The van der Waals surface area contributed by atoms with Crippen molar-refractivity contribution in [1.29, 1.82) is 0 Å². The molecule has 2 amide bonds. The van der Waals surface area contributed by atoms with Crippen LogP contribution in [0.2, 0.25) is 5.02 Å². The van der Waals surface area contributed by atoms with Gasteiger partial charge in [-0.05, 0) is 101 Å². The summed E-state index contributed by atoms with van der Waals surface area (Å²) in [6.07, 6.45) is 3.66. The van der Waals surface area contributed by atoms with E-state index >= 15 is 0 Å². The van der Waals surface area contributed by atoms with Crippen LogP contribution in [0.5, 0.6) is 0 Å². The zero-order chi connectivity index (χ0) is 46.9. The Morgan fingerprint density at radius 2 is 1.13 bits per heavy atom. The summed E-state index contributed by atoms with van der Waals surface area (Å²) in [7, 11) is 1.68. The second-order valence-corrected chi connectivity index (χ2v) is 22.1. The molecule has 0 radical (unpaired) electrons. The van der Waals surface area contributed by atoms with E-state index < -0.39 is 0 Å². The van der Waals surface area contributed by atoms with Crippen molar-refractivity contribution in [1.82, 2.24) is 30.4 Å². The van der Waals surface area contributed by atoms with Gasteiger partial charge in [-0.2, -0.15) is 0 Å². The average molecular weight is 998 g/mol. The maximum absolute atomic E-state index is 12.9. The lowest BCUT2D eigenvalue weighted by Crippen LogP contribution is -2.35. The number of aromatic nitrogens is 2. The van der Waals surface area contributed by atoms with Crippen molar-refractivity contribution >= 4 is 99.2 Å². The van der Waals surface area contributed by atoms with Gasteiger partial charge in [-0.15, -0.1) is 45.3 Å². The van der Waals surface area contributed by atoms with Crippen molar-refractivity contribution in [3.8, 4) is 21.1 Å². The molecular weight excluding hydrogens is 936 g/mol. The predicted octanol–water partition coefficient (Wildman–Crippen LogP) is 11.0. The number of nitrogens with one attached hydrogen (secondary N) is 4. The number of thiazole rings is 2. The number of ether oxygens (including phenoxy) is 1. The molecule has 354 valence electrons. The van der Waals surface area contributed by atoms with Crippen LogP contribution in [0.1, 0.15) is 67.0 Å². The Bertz CT molecular complexity index is 2710. The number of hydrogen-bond donors (Lipinski definition) is 4. The van der Waals surface area contributed by atoms with Gasteiger partial charge < -0.3 is 26.0 Å². The summed E-state index contributed by atoms with van der Waals surface area (Å²) in [5.41, 5.74) is 8.11. The van der Waals surface area contributed by atoms with E-state index in [1.807, 2.05) is 42.5 Å². The van der Waals surface area contributed by atoms with E-state index in [2.05, 4.69) is 89.1 Å². The van der Waals surface area contributed by atoms with E-state index in [1.165, 1.54) is 30.3 Å². The quantitative estimate of drug-likeness (QED) is 0.0622. The van der Waals surface area contributed by atoms with Gasteiger partial charge in [-0.25, -0.2) is 9.97 Å². The van der Waals surface area contributed by atoms with Crippen molar-refractivity contribution in [3.05, 3.63) is 104 Å². The molecule has 0 fully saturated rings. The largest absolute Gasteiger partial charge is 0.383 e. The Balaban J connectivity index is 0.000000184. The predicted molar refractivity (Wildman–Crippen MR) is 284 cm³/mol. The smallest absolute Gasteiger partial charge is 0.226 e. The highest BCUT2D eigenvalue weighted by molar-refractivity contribution is 7.23. The van der Waals surface area contributed by atoms with Crippen LogP contribution in [0.15, 0.2) is 72.8 Å². The first-order chi connectivity index (χ1) is 32.6. The van der Waals surface area contributed by atoms with Crippen LogP contribution in [-0.2, 0) is 46.7 Å². The number of halogens is 1. The number of anilines is 2. The summed E-state index contributed by atoms with van der Waals surface area (Å²) in [5.74, 6) is 0.0634. The van der Waals surface area contributed by atoms with Crippen molar-refractivity contribution < 1.29 is 14.3 Å². The number of thiophene rings is 2. The van der Waals surface area contributed by atoms with Gasteiger partial charge in [-0.3, -0.25) is 19.4 Å². The first-order valence-corrected chi connectivity index (χ1v) is 26.9. The van der Waals surface area contributed by atoms with Crippen LogP contribution >= 0.6 is 56.9 Å². The second kappa shape index (κ2) is 23.5. The molecule has 7 aromatic rings. The maximum Gasteiger partial charge on any atom is 0.226 e. The number of nitrogens with zero attached hydrogens (tertiary/aromatic N) is 4. The lowest BCUT2D eigenvalue weighted by atomic mass is 10.0. The van der Waals surface area contributed by atoms with Crippen LogP contribution < -0.4 is 21.3 Å². The Kier molecular flexibility index (Phi) is 17.3. The fourth-order valence-electron chi connectivity index (χ4n) is 8.45. The monoisotopic (exact) mass is 996 g/mol. The highest BCUT2D eigenvalue weighted by atomic mass is 35.5. The van der Waals surface area contributed by atoms with Gasteiger partial charge in [0.05, 0.1) is 27.0 Å². The van der Waals surface area contributed by atoms with E-state index in [1.54, 1.807) is 52.5 Å². The molecule has 0 aliphatic carbocycles. The number of fused-ring (bicyclic) bond motifs is 4. The van der Waals surface area contributed by atoms with Crippen molar-refractivity contribution in [2.75, 3.05) is 63.6 Å². The molecule has 67 heavy (non-hydrogen) atoms. The molecule has 2 aliphatic heterocycles. The molecule has 2 aliphatic rings. The van der Waals surface area contributed by atoms with Gasteiger partial charge in [0.15, 0.2) is 0 Å². The highest BCUT2D eigenvalue weighted by Gasteiger charge is 2.30.